The standard InChI is InChI=1S/C31H31ClFN5O2/c1-2-21-6-9-28-29(14-21)38(17-25-16-34-20-40-25)30(35-28)18-37-12-10-22(11-13-37)27-4-3-5-31(36-27)39-19-23-7-8-24(32)15-26(23)33/h3-9,14-16,20,22H,2,10-13,17-19H2,1H3. The van der Waals surface area contributed by atoms with Crippen LogP contribution in [0.2, 0.25) is 5.02 Å². The summed E-state index contributed by atoms with van der Waals surface area (Å²) in [5.74, 6) is 2.31. The highest BCUT2D eigenvalue weighted by molar-refractivity contribution is 6.30. The Kier molecular flexibility index (Phi) is 7.80. The predicted octanol–water partition coefficient (Wildman–Crippen LogP) is 6.78. The molecular formula is C31H31ClFN5O2. The number of ether oxygens (including phenoxy) is 1. The molecule has 6 rings (SSSR count). The van der Waals surface area contributed by atoms with Crippen LogP contribution < -0.4 is 4.74 Å². The fourth-order valence-corrected chi connectivity index (χ4v) is 5.49. The Morgan fingerprint density at radius 3 is 2.70 bits per heavy atom. The Balaban J connectivity index is 1.12. The van der Waals surface area contributed by atoms with E-state index in [0.29, 0.717) is 28.9 Å². The van der Waals surface area contributed by atoms with Gasteiger partial charge in [0.25, 0.3) is 0 Å². The Morgan fingerprint density at radius 2 is 1.93 bits per heavy atom. The number of likely N-dealkylation sites (tertiary alicyclic amines) is 1. The number of benzene rings is 2. The van der Waals surface area contributed by atoms with Crippen LogP contribution in [0.5, 0.6) is 5.88 Å². The van der Waals surface area contributed by atoms with Crippen LogP contribution in [-0.4, -0.2) is 37.5 Å². The predicted molar refractivity (Wildman–Crippen MR) is 152 cm³/mol. The highest BCUT2D eigenvalue weighted by Crippen LogP contribution is 2.30. The molecular weight excluding hydrogens is 529 g/mol. The zero-order chi connectivity index (χ0) is 27.5. The first-order chi connectivity index (χ1) is 19.6. The Hall–Kier alpha value is -3.75. The molecule has 0 radical (unpaired) electrons. The second-order valence-electron chi connectivity index (χ2n) is 10.2. The maximum atomic E-state index is 14.1. The summed E-state index contributed by atoms with van der Waals surface area (Å²) in [7, 11) is 0. The van der Waals surface area contributed by atoms with Gasteiger partial charge in [0.15, 0.2) is 6.39 Å². The van der Waals surface area contributed by atoms with Gasteiger partial charge in [0.05, 0.1) is 30.3 Å². The normalized spacial score (nSPS) is 14.7. The summed E-state index contributed by atoms with van der Waals surface area (Å²) in [5, 5.41) is 0.366. The zero-order valence-corrected chi connectivity index (χ0v) is 23.1. The lowest BCUT2D eigenvalue weighted by Crippen LogP contribution is -2.33. The highest BCUT2D eigenvalue weighted by atomic mass is 35.5. The van der Waals surface area contributed by atoms with E-state index in [1.54, 1.807) is 18.3 Å². The maximum absolute atomic E-state index is 14.1. The number of pyridine rings is 1. The number of rotatable bonds is 9. The van der Waals surface area contributed by atoms with E-state index in [0.717, 1.165) is 67.2 Å². The van der Waals surface area contributed by atoms with Gasteiger partial charge >= 0.3 is 0 Å². The van der Waals surface area contributed by atoms with Gasteiger partial charge in [-0.15, -0.1) is 0 Å². The van der Waals surface area contributed by atoms with Crippen molar-refractivity contribution in [1.29, 1.82) is 0 Å². The van der Waals surface area contributed by atoms with Gasteiger partial charge in [0, 0.05) is 28.3 Å². The van der Waals surface area contributed by atoms with E-state index in [-0.39, 0.29) is 12.4 Å². The molecule has 40 heavy (non-hydrogen) atoms. The number of aryl methyl sites for hydroxylation is 1. The van der Waals surface area contributed by atoms with E-state index in [1.165, 1.54) is 18.0 Å². The van der Waals surface area contributed by atoms with E-state index in [4.69, 9.17) is 30.7 Å². The molecule has 0 spiro atoms. The average Bonchev–Trinajstić information content (AvgIpc) is 3.61. The van der Waals surface area contributed by atoms with Gasteiger partial charge in [-0.1, -0.05) is 36.7 Å². The van der Waals surface area contributed by atoms with E-state index >= 15 is 0 Å². The lowest BCUT2D eigenvalue weighted by atomic mass is 9.93. The van der Waals surface area contributed by atoms with Crippen molar-refractivity contribution in [3.8, 4) is 5.88 Å². The van der Waals surface area contributed by atoms with Crippen LogP contribution in [0.15, 0.2) is 71.6 Å². The topological polar surface area (TPSA) is 69.2 Å². The minimum Gasteiger partial charge on any atom is -0.473 e. The summed E-state index contributed by atoms with van der Waals surface area (Å²) in [6.07, 6.45) is 6.20. The average molecular weight is 560 g/mol. The first kappa shape index (κ1) is 26.5. The van der Waals surface area contributed by atoms with Crippen molar-refractivity contribution in [2.24, 2.45) is 0 Å². The van der Waals surface area contributed by atoms with E-state index in [9.17, 15) is 4.39 Å². The molecule has 1 aliphatic rings. The van der Waals surface area contributed by atoms with Gasteiger partial charge in [0.1, 0.15) is 24.0 Å². The second kappa shape index (κ2) is 11.8. The van der Waals surface area contributed by atoms with Gasteiger partial charge in [-0.25, -0.2) is 19.3 Å². The summed E-state index contributed by atoms with van der Waals surface area (Å²) >= 11 is 5.85. The van der Waals surface area contributed by atoms with Crippen LogP contribution in [0.1, 0.15) is 54.1 Å². The number of nitrogens with zero attached hydrogens (tertiary/aromatic N) is 5. The molecule has 5 aromatic rings. The van der Waals surface area contributed by atoms with Crippen molar-refractivity contribution in [3.05, 3.63) is 106 Å². The molecule has 0 bridgehead atoms. The first-order valence-electron chi connectivity index (χ1n) is 13.7. The number of piperidine rings is 1. The quantitative estimate of drug-likeness (QED) is 0.198. The van der Waals surface area contributed by atoms with E-state index < -0.39 is 0 Å². The van der Waals surface area contributed by atoms with Crippen LogP contribution in [0.25, 0.3) is 11.0 Å². The fraction of sp³-hybridized carbons (Fsp3) is 0.323. The largest absolute Gasteiger partial charge is 0.473 e. The van der Waals surface area contributed by atoms with Crippen LogP contribution in [0, 0.1) is 5.82 Å². The third-order valence-corrected chi connectivity index (χ3v) is 7.84. The summed E-state index contributed by atoms with van der Waals surface area (Å²) in [6.45, 7) is 5.52. The van der Waals surface area contributed by atoms with Gasteiger partial charge < -0.3 is 13.7 Å². The monoisotopic (exact) mass is 559 g/mol. The number of oxazole rings is 1. The maximum Gasteiger partial charge on any atom is 0.213 e. The van der Waals surface area contributed by atoms with Crippen LogP contribution in [0.4, 0.5) is 4.39 Å². The van der Waals surface area contributed by atoms with E-state index in [2.05, 4.69) is 45.6 Å². The molecule has 7 nitrogen and oxygen atoms in total. The molecule has 0 amide bonds. The molecule has 0 N–H and O–H groups in total. The Bertz CT molecular complexity index is 1600. The molecule has 206 valence electrons. The van der Waals surface area contributed by atoms with Crippen molar-refractivity contribution in [1.82, 2.24) is 24.4 Å². The summed E-state index contributed by atoms with van der Waals surface area (Å²) in [4.78, 5) is 16.3. The smallest absolute Gasteiger partial charge is 0.213 e. The number of fused-ring (bicyclic) bond motifs is 1. The minimum absolute atomic E-state index is 0.104. The molecule has 3 aromatic heterocycles. The Morgan fingerprint density at radius 1 is 1.05 bits per heavy atom. The van der Waals surface area contributed by atoms with Crippen LogP contribution in [-0.2, 0) is 26.1 Å². The molecule has 0 saturated carbocycles. The lowest BCUT2D eigenvalue weighted by Gasteiger charge is -2.31. The molecule has 1 saturated heterocycles. The molecule has 9 heteroatoms. The number of hydrogen-bond acceptors (Lipinski definition) is 6. The SMILES string of the molecule is CCc1ccc2nc(CN3CCC(c4cccc(OCc5ccc(Cl)cc5F)n4)CC3)n(Cc3cnco3)c2c1. The fourth-order valence-electron chi connectivity index (χ4n) is 5.33. The molecule has 1 fully saturated rings. The highest BCUT2D eigenvalue weighted by Gasteiger charge is 2.24. The van der Waals surface area contributed by atoms with Gasteiger partial charge in [-0.05, 0) is 68.2 Å². The third kappa shape index (κ3) is 5.88. The number of imidazole rings is 1. The zero-order valence-electron chi connectivity index (χ0n) is 22.4. The number of halogens is 2. The van der Waals surface area contributed by atoms with Crippen molar-refractivity contribution < 1.29 is 13.5 Å². The van der Waals surface area contributed by atoms with Gasteiger partial charge in [0.2, 0.25) is 5.88 Å². The molecule has 4 heterocycles. The van der Waals surface area contributed by atoms with Crippen molar-refractivity contribution >= 4 is 22.6 Å². The van der Waals surface area contributed by atoms with Crippen LogP contribution in [0.3, 0.4) is 0 Å². The lowest BCUT2D eigenvalue weighted by molar-refractivity contribution is 0.196. The van der Waals surface area contributed by atoms with Crippen molar-refractivity contribution in [2.45, 2.75) is 51.8 Å². The molecule has 0 atom stereocenters. The number of hydrogen-bond donors (Lipinski definition) is 0. The van der Waals surface area contributed by atoms with Gasteiger partial charge in [-0.3, -0.25) is 4.90 Å². The summed E-state index contributed by atoms with van der Waals surface area (Å²) in [6, 6.07) is 16.9. The third-order valence-electron chi connectivity index (χ3n) is 7.60. The minimum atomic E-state index is -0.379. The van der Waals surface area contributed by atoms with Crippen molar-refractivity contribution in [2.75, 3.05) is 13.1 Å². The summed E-state index contributed by atoms with van der Waals surface area (Å²) < 4.78 is 27.8. The molecule has 0 aliphatic carbocycles. The van der Waals surface area contributed by atoms with E-state index in [1.807, 2.05) is 12.1 Å². The van der Waals surface area contributed by atoms with Gasteiger partial charge in [-0.2, -0.15) is 0 Å². The first-order valence-corrected chi connectivity index (χ1v) is 14.0. The van der Waals surface area contributed by atoms with Crippen molar-refractivity contribution in [3.63, 3.8) is 0 Å². The molecule has 2 aromatic carbocycles. The Labute approximate surface area is 237 Å². The molecule has 1 aliphatic heterocycles. The molecule has 0 unspecified atom stereocenters. The summed E-state index contributed by atoms with van der Waals surface area (Å²) in [5.41, 5.74) is 4.88. The second-order valence-corrected chi connectivity index (χ2v) is 10.7. The number of aromatic nitrogens is 4. The van der Waals surface area contributed by atoms with Crippen LogP contribution >= 0.6 is 11.6 Å².